The maximum absolute atomic E-state index is 12.6. The van der Waals surface area contributed by atoms with Crippen molar-refractivity contribution in [3.05, 3.63) is 83.9 Å². The quantitative estimate of drug-likeness (QED) is 0.382. The Bertz CT molecular complexity index is 1220. The highest BCUT2D eigenvalue weighted by atomic mass is 32.2. The molecule has 0 atom stereocenters. The number of benzene rings is 3. The van der Waals surface area contributed by atoms with Crippen LogP contribution >= 0.6 is 0 Å². The van der Waals surface area contributed by atoms with Crippen LogP contribution in [0.5, 0.6) is 5.75 Å². The first-order valence-corrected chi connectivity index (χ1v) is 10.9. The number of carbonyl (C=O) groups is 1. The number of sulfonamides is 1. The Balaban J connectivity index is 1.65. The van der Waals surface area contributed by atoms with Gasteiger partial charge in [0.15, 0.2) is 0 Å². The average Bonchev–Trinajstić information content (AvgIpc) is 2.74. The molecule has 8 heteroatoms. The van der Waals surface area contributed by atoms with Gasteiger partial charge in [-0.05, 0) is 66.6 Å². The molecule has 0 aliphatic rings. The lowest BCUT2D eigenvalue weighted by atomic mass is 10.2. The molecule has 0 aromatic heterocycles. The Labute approximate surface area is 181 Å². The molecule has 0 saturated heterocycles. The minimum absolute atomic E-state index is 0.145. The van der Waals surface area contributed by atoms with Crippen molar-refractivity contribution >= 4 is 39.1 Å². The van der Waals surface area contributed by atoms with E-state index < -0.39 is 10.0 Å². The van der Waals surface area contributed by atoms with E-state index in [1.54, 1.807) is 73.7 Å². The van der Waals surface area contributed by atoms with Gasteiger partial charge in [-0.2, -0.15) is 0 Å². The zero-order valence-electron chi connectivity index (χ0n) is 17.1. The summed E-state index contributed by atoms with van der Waals surface area (Å²) in [6.07, 6.45) is 3.01. The molecule has 0 saturated carbocycles. The fourth-order valence-corrected chi connectivity index (χ4v) is 3.99. The van der Waals surface area contributed by atoms with E-state index in [0.29, 0.717) is 22.8 Å². The standard InChI is InChI=1S/C23H23N3O4S/c1-16-15-19(12-13-22(16)30-2)31(28,29)26-18-10-7-17(8-11-18)9-14-23(27)25-21-6-4-3-5-20(21)24/h3-15,26H,24H2,1-2H3,(H,25,27)/b14-9+. The lowest BCUT2D eigenvalue weighted by molar-refractivity contribution is -0.111. The molecule has 0 fully saturated rings. The summed E-state index contributed by atoms with van der Waals surface area (Å²) in [5.74, 6) is 0.298. The number of ether oxygens (including phenoxy) is 1. The average molecular weight is 438 g/mol. The van der Waals surface area contributed by atoms with Crippen LogP contribution in [0.25, 0.3) is 6.08 Å². The third-order valence-corrected chi connectivity index (χ3v) is 5.86. The molecule has 0 spiro atoms. The van der Waals surface area contributed by atoms with Gasteiger partial charge in [-0.15, -0.1) is 0 Å². The first kappa shape index (κ1) is 21.9. The number of methoxy groups -OCH3 is 1. The second-order valence-corrected chi connectivity index (χ2v) is 8.45. The summed E-state index contributed by atoms with van der Waals surface area (Å²) in [6.45, 7) is 1.78. The number of amides is 1. The van der Waals surface area contributed by atoms with Crippen LogP contribution < -0.4 is 20.5 Å². The summed E-state index contributed by atoms with van der Waals surface area (Å²) >= 11 is 0. The van der Waals surface area contributed by atoms with Crippen LogP contribution in [-0.4, -0.2) is 21.4 Å². The first-order chi connectivity index (χ1) is 14.8. The molecular formula is C23H23N3O4S. The summed E-state index contributed by atoms with van der Waals surface area (Å²) < 4.78 is 33.0. The van der Waals surface area contributed by atoms with Crippen LogP contribution in [0.15, 0.2) is 77.7 Å². The predicted molar refractivity (Wildman–Crippen MR) is 123 cm³/mol. The van der Waals surface area contributed by atoms with Crippen molar-refractivity contribution in [2.45, 2.75) is 11.8 Å². The van der Waals surface area contributed by atoms with Crippen LogP contribution in [0.3, 0.4) is 0 Å². The van der Waals surface area contributed by atoms with Gasteiger partial charge in [0.1, 0.15) is 5.75 Å². The predicted octanol–water partition coefficient (Wildman–Crippen LogP) is 4.04. The SMILES string of the molecule is COc1ccc(S(=O)(=O)Nc2ccc(/C=C/C(=O)Nc3ccccc3N)cc2)cc1C. The number of hydrogen-bond acceptors (Lipinski definition) is 5. The van der Waals surface area contributed by atoms with Crippen molar-refractivity contribution in [3.63, 3.8) is 0 Å². The summed E-state index contributed by atoms with van der Waals surface area (Å²) in [5.41, 5.74) is 8.69. The van der Waals surface area contributed by atoms with Gasteiger partial charge in [0, 0.05) is 11.8 Å². The number of aryl methyl sites for hydroxylation is 1. The number of hydrogen-bond donors (Lipinski definition) is 3. The summed E-state index contributed by atoms with van der Waals surface area (Å²) in [6, 6.07) is 18.3. The minimum atomic E-state index is -3.74. The van der Waals surface area contributed by atoms with E-state index in [2.05, 4.69) is 10.0 Å². The smallest absolute Gasteiger partial charge is 0.261 e. The minimum Gasteiger partial charge on any atom is -0.496 e. The molecule has 0 radical (unpaired) electrons. The van der Waals surface area contributed by atoms with E-state index >= 15 is 0 Å². The third kappa shape index (κ3) is 5.64. The third-order valence-electron chi connectivity index (χ3n) is 4.49. The highest BCUT2D eigenvalue weighted by Gasteiger charge is 2.15. The Hall–Kier alpha value is -3.78. The lowest BCUT2D eigenvalue weighted by Gasteiger charge is -2.10. The number of nitrogens with two attached hydrogens (primary N) is 1. The summed E-state index contributed by atoms with van der Waals surface area (Å²) in [5, 5.41) is 2.70. The van der Waals surface area contributed by atoms with E-state index in [-0.39, 0.29) is 10.8 Å². The molecule has 31 heavy (non-hydrogen) atoms. The van der Waals surface area contributed by atoms with Crippen molar-refractivity contribution in [1.82, 2.24) is 0 Å². The molecule has 1 amide bonds. The van der Waals surface area contributed by atoms with Gasteiger partial charge in [-0.3, -0.25) is 9.52 Å². The van der Waals surface area contributed by atoms with Crippen LogP contribution in [0.1, 0.15) is 11.1 Å². The molecule has 0 bridgehead atoms. The molecular weight excluding hydrogens is 414 g/mol. The number of anilines is 3. The molecule has 4 N–H and O–H groups in total. The number of carbonyl (C=O) groups excluding carboxylic acids is 1. The van der Waals surface area contributed by atoms with E-state index in [4.69, 9.17) is 10.5 Å². The Morgan fingerprint density at radius 3 is 2.39 bits per heavy atom. The number of nitrogen functional groups attached to an aromatic ring is 1. The molecule has 0 unspecified atom stereocenters. The number of para-hydroxylation sites is 2. The van der Waals surface area contributed by atoms with Crippen LogP contribution in [0, 0.1) is 6.92 Å². The zero-order chi connectivity index (χ0) is 22.4. The first-order valence-electron chi connectivity index (χ1n) is 9.39. The maximum atomic E-state index is 12.6. The molecule has 3 aromatic rings. The molecule has 0 heterocycles. The molecule has 160 valence electrons. The van der Waals surface area contributed by atoms with Gasteiger partial charge in [0.25, 0.3) is 10.0 Å². The van der Waals surface area contributed by atoms with Gasteiger partial charge >= 0.3 is 0 Å². The van der Waals surface area contributed by atoms with Crippen LogP contribution in [0.2, 0.25) is 0 Å². The maximum Gasteiger partial charge on any atom is 0.261 e. The topological polar surface area (TPSA) is 111 Å². The summed E-state index contributed by atoms with van der Waals surface area (Å²) in [7, 11) is -2.20. The fourth-order valence-electron chi connectivity index (χ4n) is 2.85. The van der Waals surface area contributed by atoms with Crippen molar-refractivity contribution < 1.29 is 17.9 Å². The molecule has 3 aromatic carbocycles. The van der Waals surface area contributed by atoms with Crippen molar-refractivity contribution in [3.8, 4) is 5.75 Å². The van der Waals surface area contributed by atoms with E-state index in [0.717, 1.165) is 11.1 Å². The van der Waals surface area contributed by atoms with E-state index in [1.807, 2.05) is 0 Å². The Morgan fingerprint density at radius 2 is 1.74 bits per heavy atom. The van der Waals surface area contributed by atoms with Crippen molar-refractivity contribution in [2.24, 2.45) is 0 Å². The monoisotopic (exact) mass is 437 g/mol. The van der Waals surface area contributed by atoms with Gasteiger partial charge in [0.2, 0.25) is 5.91 Å². The van der Waals surface area contributed by atoms with E-state index in [9.17, 15) is 13.2 Å². The fraction of sp³-hybridized carbons (Fsp3) is 0.0870. The lowest BCUT2D eigenvalue weighted by Crippen LogP contribution is -2.13. The van der Waals surface area contributed by atoms with Crippen LogP contribution in [0.4, 0.5) is 17.1 Å². The largest absolute Gasteiger partial charge is 0.496 e. The van der Waals surface area contributed by atoms with Crippen molar-refractivity contribution in [1.29, 1.82) is 0 Å². The van der Waals surface area contributed by atoms with Gasteiger partial charge in [-0.25, -0.2) is 8.42 Å². The molecule has 3 rings (SSSR count). The second-order valence-electron chi connectivity index (χ2n) is 6.77. The van der Waals surface area contributed by atoms with Crippen LogP contribution in [-0.2, 0) is 14.8 Å². The summed E-state index contributed by atoms with van der Waals surface area (Å²) in [4.78, 5) is 12.2. The Kier molecular flexibility index (Phi) is 6.61. The zero-order valence-corrected chi connectivity index (χ0v) is 17.9. The number of rotatable bonds is 7. The Morgan fingerprint density at radius 1 is 1.03 bits per heavy atom. The van der Waals surface area contributed by atoms with Gasteiger partial charge < -0.3 is 15.8 Å². The highest BCUT2D eigenvalue weighted by molar-refractivity contribution is 7.92. The highest BCUT2D eigenvalue weighted by Crippen LogP contribution is 2.23. The van der Waals surface area contributed by atoms with Crippen molar-refractivity contribution in [2.75, 3.05) is 22.9 Å². The van der Waals surface area contributed by atoms with Gasteiger partial charge in [-0.1, -0.05) is 24.3 Å². The normalized spacial score (nSPS) is 11.3. The van der Waals surface area contributed by atoms with Gasteiger partial charge in [0.05, 0.1) is 23.4 Å². The molecule has 7 nitrogen and oxygen atoms in total. The molecule has 0 aliphatic heterocycles. The van der Waals surface area contributed by atoms with E-state index in [1.165, 1.54) is 19.3 Å². The second kappa shape index (κ2) is 9.36. The molecule has 0 aliphatic carbocycles. The number of nitrogens with one attached hydrogen (secondary N) is 2.